The van der Waals surface area contributed by atoms with Gasteiger partial charge < -0.3 is 19.9 Å². The van der Waals surface area contributed by atoms with Crippen LogP contribution in [-0.2, 0) is 4.74 Å². The minimum Gasteiger partial charge on any atom is -0.507 e. The highest BCUT2D eigenvalue weighted by Crippen LogP contribution is 2.43. The van der Waals surface area contributed by atoms with Crippen LogP contribution in [0.1, 0.15) is 24.4 Å². The lowest BCUT2D eigenvalue weighted by molar-refractivity contribution is 0.0199. The maximum Gasteiger partial charge on any atom is 0.127 e. The fourth-order valence-corrected chi connectivity index (χ4v) is 3.72. The van der Waals surface area contributed by atoms with E-state index in [1.54, 1.807) is 13.2 Å². The van der Waals surface area contributed by atoms with E-state index in [0.717, 1.165) is 63.5 Å². The Morgan fingerprint density at radius 3 is 2.50 bits per heavy atom. The monoisotopic (exact) mass is 378 g/mol. The van der Waals surface area contributed by atoms with Gasteiger partial charge in [0.25, 0.3) is 0 Å². The molecule has 138 valence electrons. The summed E-state index contributed by atoms with van der Waals surface area (Å²) in [5.41, 5.74) is 0.943. The molecule has 7 heteroatoms. The smallest absolute Gasteiger partial charge is 0.127 e. The van der Waals surface area contributed by atoms with Crippen molar-refractivity contribution in [1.29, 1.82) is 0 Å². The lowest BCUT2D eigenvalue weighted by atomic mass is 9.84. The molecule has 0 unspecified atom stereocenters. The molecule has 1 aromatic rings. The van der Waals surface area contributed by atoms with E-state index < -0.39 is 0 Å². The van der Waals surface area contributed by atoms with E-state index in [9.17, 15) is 5.11 Å². The maximum absolute atomic E-state index is 10.5. The number of phenols is 1. The Hall–Kier alpha value is -0.720. The van der Waals surface area contributed by atoms with E-state index >= 15 is 0 Å². The molecule has 2 N–H and O–H groups in total. The Morgan fingerprint density at radius 2 is 1.88 bits per heavy atom. The molecular formula is C17H28Cl2N2O3. The van der Waals surface area contributed by atoms with Crippen molar-refractivity contribution in [2.24, 2.45) is 5.92 Å². The standard InChI is InChI=1S/C17H26N2O3.2ClH/c1-21-15-4-2-3-14(20)16(15)17(13-5-11-22-12-6-13)19-9-7-18-8-10-19;;/h2-4,13,17-18,20H,5-12H2,1H3;2*1H/t17-;;/m0../s1. The first kappa shape index (κ1) is 21.3. The van der Waals surface area contributed by atoms with Gasteiger partial charge in [-0.2, -0.15) is 0 Å². The van der Waals surface area contributed by atoms with Crippen LogP contribution >= 0.6 is 24.8 Å². The van der Waals surface area contributed by atoms with Crippen LogP contribution in [0.4, 0.5) is 0 Å². The van der Waals surface area contributed by atoms with Crippen LogP contribution < -0.4 is 10.1 Å². The van der Waals surface area contributed by atoms with Crippen molar-refractivity contribution >= 4 is 24.8 Å². The van der Waals surface area contributed by atoms with Crippen molar-refractivity contribution in [3.05, 3.63) is 23.8 Å². The molecule has 3 rings (SSSR count). The van der Waals surface area contributed by atoms with Gasteiger partial charge in [0.2, 0.25) is 0 Å². The van der Waals surface area contributed by atoms with Crippen molar-refractivity contribution in [2.75, 3.05) is 46.5 Å². The van der Waals surface area contributed by atoms with Gasteiger partial charge in [-0.25, -0.2) is 0 Å². The number of ether oxygens (including phenoxy) is 2. The summed E-state index contributed by atoms with van der Waals surface area (Å²) < 4.78 is 11.1. The number of aromatic hydroxyl groups is 1. The van der Waals surface area contributed by atoms with Gasteiger partial charge in [0.1, 0.15) is 11.5 Å². The molecule has 0 spiro atoms. The van der Waals surface area contributed by atoms with Crippen LogP contribution in [0, 0.1) is 5.92 Å². The molecule has 0 aliphatic carbocycles. The predicted molar refractivity (Wildman–Crippen MR) is 99.9 cm³/mol. The van der Waals surface area contributed by atoms with Crippen molar-refractivity contribution in [3.8, 4) is 11.5 Å². The molecule has 5 nitrogen and oxygen atoms in total. The van der Waals surface area contributed by atoms with E-state index in [1.165, 1.54) is 0 Å². The summed E-state index contributed by atoms with van der Waals surface area (Å²) in [6.07, 6.45) is 2.07. The summed E-state index contributed by atoms with van der Waals surface area (Å²) in [7, 11) is 1.68. The number of phenolic OH excluding ortho intramolecular Hbond substituents is 1. The van der Waals surface area contributed by atoms with Crippen LogP contribution in [-0.4, -0.2) is 56.5 Å². The van der Waals surface area contributed by atoms with Crippen molar-refractivity contribution < 1.29 is 14.6 Å². The lowest BCUT2D eigenvalue weighted by Crippen LogP contribution is -2.47. The minimum atomic E-state index is 0. The Kier molecular flexibility index (Phi) is 9.16. The number of nitrogens with zero attached hydrogens (tertiary/aromatic N) is 1. The highest BCUT2D eigenvalue weighted by atomic mass is 35.5. The first-order valence-electron chi connectivity index (χ1n) is 8.19. The van der Waals surface area contributed by atoms with E-state index in [4.69, 9.17) is 9.47 Å². The SMILES string of the molecule is COc1cccc(O)c1[C@H](C1CCOCC1)N1CCNCC1.Cl.Cl. The molecule has 2 heterocycles. The van der Waals surface area contributed by atoms with E-state index in [1.807, 2.05) is 12.1 Å². The van der Waals surface area contributed by atoms with Gasteiger partial charge in [-0.15, -0.1) is 24.8 Å². The van der Waals surface area contributed by atoms with Crippen LogP contribution in [0.2, 0.25) is 0 Å². The molecule has 0 bridgehead atoms. The van der Waals surface area contributed by atoms with Crippen LogP contribution in [0.3, 0.4) is 0 Å². The first-order valence-corrected chi connectivity index (χ1v) is 8.19. The highest BCUT2D eigenvalue weighted by Gasteiger charge is 2.34. The zero-order chi connectivity index (χ0) is 15.4. The van der Waals surface area contributed by atoms with Gasteiger partial charge in [0, 0.05) is 45.4 Å². The van der Waals surface area contributed by atoms with Gasteiger partial charge >= 0.3 is 0 Å². The van der Waals surface area contributed by atoms with Gasteiger partial charge in [-0.05, 0) is 30.9 Å². The van der Waals surface area contributed by atoms with Gasteiger partial charge in [-0.3, -0.25) is 4.90 Å². The van der Waals surface area contributed by atoms with E-state index in [2.05, 4.69) is 10.2 Å². The second kappa shape index (κ2) is 10.3. The summed E-state index contributed by atoms with van der Waals surface area (Å²) >= 11 is 0. The molecule has 2 fully saturated rings. The second-order valence-electron chi connectivity index (χ2n) is 6.07. The Morgan fingerprint density at radius 1 is 1.21 bits per heavy atom. The number of hydrogen-bond acceptors (Lipinski definition) is 5. The summed E-state index contributed by atoms with van der Waals surface area (Å²) in [5.74, 6) is 1.62. The minimum absolute atomic E-state index is 0. The van der Waals surface area contributed by atoms with Gasteiger partial charge in [0.15, 0.2) is 0 Å². The average molecular weight is 379 g/mol. The maximum atomic E-state index is 10.5. The quantitative estimate of drug-likeness (QED) is 0.843. The zero-order valence-electron chi connectivity index (χ0n) is 14.1. The van der Waals surface area contributed by atoms with Crippen LogP contribution in [0.15, 0.2) is 18.2 Å². The number of hydrogen-bond donors (Lipinski definition) is 2. The average Bonchev–Trinajstić information content (AvgIpc) is 2.58. The van der Waals surface area contributed by atoms with Crippen molar-refractivity contribution in [3.63, 3.8) is 0 Å². The third kappa shape index (κ3) is 4.67. The number of rotatable bonds is 4. The highest BCUT2D eigenvalue weighted by molar-refractivity contribution is 5.85. The molecule has 0 saturated carbocycles. The predicted octanol–water partition coefficient (Wildman–Crippen LogP) is 2.62. The van der Waals surface area contributed by atoms with Gasteiger partial charge in [0.05, 0.1) is 12.7 Å². The molecule has 24 heavy (non-hydrogen) atoms. The Bertz CT molecular complexity index is 475. The number of benzene rings is 1. The number of nitrogens with one attached hydrogen (secondary N) is 1. The number of methoxy groups -OCH3 is 1. The number of piperazine rings is 1. The zero-order valence-corrected chi connectivity index (χ0v) is 15.7. The lowest BCUT2D eigenvalue weighted by Gasteiger charge is -2.41. The molecule has 2 aliphatic heterocycles. The molecule has 2 aliphatic rings. The van der Waals surface area contributed by atoms with Crippen molar-refractivity contribution in [2.45, 2.75) is 18.9 Å². The first-order chi connectivity index (χ1) is 10.8. The summed E-state index contributed by atoms with van der Waals surface area (Å²) in [5, 5.41) is 13.9. The normalized spacial score (nSPS) is 20.5. The third-order valence-corrected chi connectivity index (χ3v) is 4.82. The van der Waals surface area contributed by atoms with Crippen molar-refractivity contribution in [1.82, 2.24) is 10.2 Å². The number of halogens is 2. The molecule has 1 aromatic carbocycles. The topological polar surface area (TPSA) is 54.0 Å². The molecule has 0 radical (unpaired) electrons. The van der Waals surface area contributed by atoms with E-state index in [0.29, 0.717) is 11.7 Å². The van der Waals surface area contributed by atoms with Crippen LogP contribution in [0.5, 0.6) is 11.5 Å². The fourth-order valence-electron chi connectivity index (χ4n) is 3.72. The molecular weight excluding hydrogens is 351 g/mol. The van der Waals surface area contributed by atoms with E-state index in [-0.39, 0.29) is 30.9 Å². The summed E-state index contributed by atoms with van der Waals surface area (Å²) in [4.78, 5) is 2.49. The summed E-state index contributed by atoms with van der Waals surface area (Å²) in [6.45, 7) is 5.61. The fraction of sp³-hybridized carbons (Fsp3) is 0.647. The molecule has 0 amide bonds. The molecule has 0 aromatic heterocycles. The molecule has 2 saturated heterocycles. The molecule has 1 atom stereocenters. The Labute approximate surface area is 156 Å². The summed E-state index contributed by atoms with van der Waals surface area (Å²) in [6, 6.07) is 5.76. The largest absolute Gasteiger partial charge is 0.507 e. The Balaban J connectivity index is 0.00000144. The second-order valence-corrected chi connectivity index (χ2v) is 6.07. The third-order valence-electron chi connectivity index (χ3n) is 4.82. The van der Waals surface area contributed by atoms with Crippen LogP contribution in [0.25, 0.3) is 0 Å². The van der Waals surface area contributed by atoms with Gasteiger partial charge in [-0.1, -0.05) is 6.07 Å².